The monoisotopic (exact) mass is 264 g/mol. The van der Waals surface area contributed by atoms with Gasteiger partial charge in [0.15, 0.2) is 0 Å². The molecule has 0 aliphatic carbocycles. The van der Waals surface area contributed by atoms with Crippen molar-refractivity contribution in [2.45, 2.75) is 26.1 Å². The molecule has 0 spiro atoms. The average Bonchev–Trinajstić information content (AvgIpc) is 2.76. The summed E-state index contributed by atoms with van der Waals surface area (Å²) in [6, 6.07) is 16.1. The van der Waals surface area contributed by atoms with Gasteiger partial charge in [-0.3, -0.25) is 4.90 Å². The lowest BCUT2D eigenvalue weighted by Gasteiger charge is -2.38. The van der Waals surface area contributed by atoms with E-state index in [2.05, 4.69) is 73.2 Å². The number of anilines is 1. The first-order valence-corrected chi connectivity index (χ1v) is 7.36. The normalized spacial score (nSPS) is 24.2. The van der Waals surface area contributed by atoms with Crippen molar-refractivity contribution in [2.24, 2.45) is 0 Å². The molecule has 1 fully saturated rings. The first-order chi connectivity index (χ1) is 9.68. The standard InChI is InChI=1S/C18H20N2/c1-12-7-6-10-16-14-8-4-5-9-15(14)17-11-19(3)13(2)20(17)18(12)16/h4-10,13,17H,11H2,1-3H3/t13-,17?/m0/s1. The minimum Gasteiger partial charge on any atom is -0.347 e. The van der Waals surface area contributed by atoms with Gasteiger partial charge in [0, 0.05) is 17.8 Å². The van der Waals surface area contributed by atoms with E-state index in [0.29, 0.717) is 12.2 Å². The first kappa shape index (κ1) is 12.0. The van der Waals surface area contributed by atoms with Crippen LogP contribution in [0.3, 0.4) is 0 Å². The summed E-state index contributed by atoms with van der Waals surface area (Å²) in [6.45, 7) is 5.64. The van der Waals surface area contributed by atoms with E-state index in [1.807, 2.05) is 0 Å². The molecule has 0 aromatic heterocycles. The van der Waals surface area contributed by atoms with E-state index in [-0.39, 0.29) is 0 Å². The Hall–Kier alpha value is -1.80. The molecule has 2 aliphatic rings. The molecule has 2 nitrogen and oxygen atoms in total. The number of hydrogen-bond donors (Lipinski definition) is 0. The highest BCUT2D eigenvalue weighted by atomic mass is 15.4. The second kappa shape index (κ2) is 4.10. The molecule has 4 rings (SSSR count). The van der Waals surface area contributed by atoms with Gasteiger partial charge < -0.3 is 4.90 Å². The van der Waals surface area contributed by atoms with Crippen LogP contribution in [-0.4, -0.2) is 24.7 Å². The molecule has 1 saturated heterocycles. The van der Waals surface area contributed by atoms with E-state index >= 15 is 0 Å². The van der Waals surface area contributed by atoms with E-state index in [4.69, 9.17) is 0 Å². The Kier molecular flexibility index (Phi) is 2.45. The number of likely N-dealkylation sites (N-methyl/N-ethyl adjacent to an activating group) is 1. The zero-order chi connectivity index (χ0) is 13.9. The highest BCUT2D eigenvalue weighted by Crippen LogP contribution is 2.49. The summed E-state index contributed by atoms with van der Waals surface area (Å²) in [5, 5.41) is 0. The lowest BCUT2D eigenvalue weighted by Crippen LogP contribution is -2.37. The number of benzene rings is 2. The summed E-state index contributed by atoms with van der Waals surface area (Å²) >= 11 is 0. The van der Waals surface area contributed by atoms with Crippen molar-refractivity contribution in [1.82, 2.24) is 4.90 Å². The van der Waals surface area contributed by atoms with Crippen molar-refractivity contribution < 1.29 is 0 Å². The summed E-state index contributed by atoms with van der Waals surface area (Å²) in [6.07, 6.45) is 0.452. The molecule has 2 aromatic carbocycles. The van der Waals surface area contributed by atoms with Crippen molar-refractivity contribution >= 4 is 5.69 Å². The van der Waals surface area contributed by atoms with Crippen LogP contribution >= 0.6 is 0 Å². The molecule has 2 atom stereocenters. The highest BCUT2D eigenvalue weighted by molar-refractivity contribution is 5.87. The van der Waals surface area contributed by atoms with Crippen LogP contribution in [0.4, 0.5) is 5.69 Å². The van der Waals surface area contributed by atoms with Gasteiger partial charge in [-0.1, -0.05) is 42.5 Å². The van der Waals surface area contributed by atoms with Gasteiger partial charge in [-0.15, -0.1) is 0 Å². The lowest BCUT2D eigenvalue weighted by atomic mass is 9.87. The zero-order valence-electron chi connectivity index (χ0n) is 12.3. The molecule has 0 radical (unpaired) electrons. The van der Waals surface area contributed by atoms with Gasteiger partial charge in [0.2, 0.25) is 0 Å². The second-order valence-corrected chi connectivity index (χ2v) is 6.05. The van der Waals surface area contributed by atoms with Crippen molar-refractivity contribution in [3.05, 3.63) is 53.6 Å². The van der Waals surface area contributed by atoms with Gasteiger partial charge in [0.25, 0.3) is 0 Å². The van der Waals surface area contributed by atoms with E-state index in [9.17, 15) is 0 Å². The van der Waals surface area contributed by atoms with Crippen LogP contribution in [0.5, 0.6) is 0 Å². The number of fused-ring (bicyclic) bond motifs is 6. The number of nitrogens with zero attached hydrogens (tertiary/aromatic N) is 2. The number of aryl methyl sites for hydroxylation is 1. The highest BCUT2D eigenvalue weighted by Gasteiger charge is 2.41. The van der Waals surface area contributed by atoms with Gasteiger partial charge >= 0.3 is 0 Å². The maximum Gasteiger partial charge on any atom is 0.0797 e. The van der Waals surface area contributed by atoms with E-state index in [0.717, 1.165) is 6.54 Å². The Morgan fingerprint density at radius 3 is 2.60 bits per heavy atom. The van der Waals surface area contributed by atoms with Crippen molar-refractivity contribution in [2.75, 3.05) is 18.5 Å². The summed E-state index contributed by atoms with van der Waals surface area (Å²) < 4.78 is 0. The zero-order valence-corrected chi connectivity index (χ0v) is 12.3. The largest absolute Gasteiger partial charge is 0.347 e. The summed E-state index contributed by atoms with van der Waals surface area (Å²) in [4.78, 5) is 5.05. The second-order valence-electron chi connectivity index (χ2n) is 6.05. The molecule has 20 heavy (non-hydrogen) atoms. The summed E-state index contributed by atoms with van der Waals surface area (Å²) in [7, 11) is 2.23. The van der Waals surface area contributed by atoms with Gasteiger partial charge in [0.05, 0.1) is 12.2 Å². The number of rotatable bonds is 0. The van der Waals surface area contributed by atoms with E-state index in [1.165, 1.54) is 27.9 Å². The molecular weight excluding hydrogens is 244 g/mol. The van der Waals surface area contributed by atoms with Crippen molar-refractivity contribution in [3.8, 4) is 11.1 Å². The average molecular weight is 264 g/mol. The summed E-state index contributed by atoms with van der Waals surface area (Å²) in [5.41, 5.74) is 7.08. The Bertz CT molecular complexity index is 677. The van der Waals surface area contributed by atoms with Crippen LogP contribution in [0.1, 0.15) is 24.1 Å². The first-order valence-electron chi connectivity index (χ1n) is 7.36. The van der Waals surface area contributed by atoms with Crippen molar-refractivity contribution in [1.29, 1.82) is 0 Å². The van der Waals surface area contributed by atoms with Crippen LogP contribution in [0.2, 0.25) is 0 Å². The smallest absolute Gasteiger partial charge is 0.0797 e. The predicted octanol–water partition coefficient (Wildman–Crippen LogP) is 3.81. The predicted molar refractivity (Wildman–Crippen MR) is 83.9 cm³/mol. The molecule has 2 heterocycles. The molecule has 2 aliphatic heterocycles. The molecule has 0 amide bonds. The molecule has 1 unspecified atom stereocenters. The summed E-state index contributed by atoms with van der Waals surface area (Å²) in [5.74, 6) is 0. The van der Waals surface area contributed by atoms with Crippen LogP contribution in [0.25, 0.3) is 11.1 Å². The SMILES string of the molecule is Cc1cccc2c1N1C(CN(C)[C@@H]1C)c1ccccc1-2. The topological polar surface area (TPSA) is 6.48 Å². The minimum absolute atomic E-state index is 0.452. The van der Waals surface area contributed by atoms with Crippen LogP contribution in [0.15, 0.2) is 42.5 Å². The third kappa shape index (κ3) is 1.43. The quantitative estimate of drug-likeness (QED) is 0.714. The Balaban J connectivity index is 2.04. The fourth-order valence-corrected chi connectivity index (χ4v) is 3.83. The third-order valence-electron chi connectivity index (χ3n) is 4.94. The fraction of sp³-hybridized carbons (Fsp3) is 0.333. The van der Waals surface area contributed by atoms with Gasteiger partial charge in [-0.2, -0.15) is 0 Å². The van der Waals surface area contributed by atoms with Crippen LogP contribution in [-0.2, 0) is 0 Å². The lowest BCUT2D eigenvalue weighted by molar-refractivity contribution is 0.329. The molecular formula is C18H20N2. The Morgan fingerprint density at radius 1 is 1.00 bits per heavy atom. The van der Waals surface area contributed by atoms with Crippen LogP contribution in [0, 0.1) is 6.92 Å². The number of hydrogen-bond acceptors (Lipinski definition) is 2. The van der Waals surface area contributed by atoms with Gasteiger partial charge in [-0.05, 0) is 37.6 Å². The molecule has 0 saturated carbocycles. The Labute approximate surface area is 120 Å². The number of para-hydroxylation sites is 1. The maximum atomic E-state index is 2.60. The fourth-order valence-electron chi connectivity index (χ4n) is 3.83. The van der Waals surface area contributed by atoms with Gasteiger partial charge in [-0.25, -0.2) is 0 Å². The Morgan fingerprint density at radius 2 is 1.75 bits per heavy atom. The molecule has 2 heteroatoms. The van der Waals surface area contributed by atoms with E-state index in [1.54, 1.807) is 0 Å². The minimum atomic E-state index is 0.452. The molecule has 102 valence electrons. The van der Waals surface area contributed by atoms with Crippen molar-refractivity contribution in [3.63, 3.8) is 0 Å². The van der Waals surface area contributed by atoms with E-state index < -0.39 is 0 Å². The molecule has 2 aromatic rings. The van der Waals surface area contributed by atoms with Crippen LogP contribution < -0.4 is 4.90 Å². The third-order valence-corrected chi connectivity index (χ3v) is 4.94. The maximum absolute atomic E-state index is 2.60. The molecule has 0 bridgehead atoms. The molecule has 0 N–H and O–H groups in total. The van der Waals surface area contributed by atoms with Gasteiger partial charge in [0.1, 0.15) is 0 Å².